The summed E-state index contributed by atoms with van der Waals surface area (Å²) < 4.78 is 38.7. The van der Waals surface area contributed by atoms with Crippen LogP contribution in [-0.4, -0.2) is 46.8 Å². The summed E-state index contributed by atoms with van der Waals surface area (Å²) in [5.74, 6) is 0.577. The number of hydrogen-bond acceptors (Lipinski definition) is 6. The van der Waals surface area contributed by atoms with E-state index < -0.39 is 10.0 Å². The first-order valence-electron chi connectivity index (χ1n) is 8.37. The lowest BCUT2D eigenvalue weighted by molar-refractivity contribution is 0.122. The van der Waals surface area contributed by atoms with E-state index in [0.29, 0.717) is 19.0 Å². The van der Waals surface area contributed by atoms with Gasteiger partial charge < -0.3 is 14.4 Å². The van der Waals surface area contributed by atoms with E-state index in [4.69, 9.17) is 9.47 Å². The number of hydrogen-bond donors (Lipinski definition) is 1. The Morgan fingerprint density at radius 2 is 1.85 bits per heavy atom. The van der Waals surface area contributed by atoms with Gasteiger partial charge >= 0.3 is 0 Å². The summed E-state index contributed by atoms with van der Waals surface area (Å²) in [4.78, 5) is 6.50. The lowest BCUT2D eigenvalue weighted by Crippen LogP contribution is -2.36. The highest BCUT2D eigenvalue weighted by Gasteiger charge is 2.21. The Morgan fingerprint density at radius 3 is 2.46 bits per heavy atom. The number of sulfonamides is 1. The van der Waals surface area contributed by atoms with Crippen LogP contribution in [0, 0.1) is 13.8 Å². The minimum absolute atomic E-state index is 0.0992. The van der Waals surface area contributed by atoms with E-state index >= 15 is 0 Å². The normalized spacial score (nSPS) is 15.0. The largest absolute Gasteiger partial charge is 0.495 e. The predicted octanol–water partition coefficient (Wildman–Crippen LogP) is 2.34. The van der Waals surface area contributed by atoms with Crippen LogP contribution in [0.2, 0.25) is 0 Å². The number of methoxy groups -OCH3 is 1. The van der Waals surface area contributed by atoms with Gasteiger partial charge in [0.05, 0.1) is 32.2 Å². The first kappa shape index (κ1) is 18.5. The second kappa shape index (κ2) is 7.51. The predicted molar refractivity (Wildman–Crippen MR) is 101 cm³/mol. The molecule has 1 aliphatic heterocycles. The third kappa shape index (κ3) is 3.91. The van der Waals surface area contributed by atoms with Crippen molar-refractivity contribution in [3.05, 3.63) is 41.6 Å². The average Bonchev–Trinajstić information content (AvgIpc) is 2.64. The minimum Gasteiger partial charge on any atom is -0.495 e. The molecule has 8 heteroatoms. The molecule has 2 heterocycles. The van der Waals surface area contributed by atoms with Crippen molar-refractivity contribution < 1.29 is 17.9 Å². The molecular formula is C18H23N3O4S. The number of rotatable bonds is 5. The van der Waals surface area contributed by atoms with Gasteiger partial charge in [0.15, 0.2) is 0 Å². The molecule has 0 amide bonds. The van der Waals surface area contributed by atoms with Crippen LogP contribution >= 0.6 is 0 Å². The fourth-order valence-electron chi connectivity index (χ4n) is 2.78. The van der Waals surface area contributed by atoms with Crippen LogP contribution in [0.25, 0.3) is 0 Å². The van der Waals surface area contributed by atoms with Gasteiger partial charge in [-0.2, -0.15) is 0 Å². The second-order valence-electron chi connectivity index (χ2n) is 6.19. The average molecular weight is 377 g/mol. The highest BCUT2D eigenvalue weighted by molar-refractivity contribution is 7.92. The topological polar surface area (TPSA) is 80.8 Å². The second-order valence-corrected chi connectivity index (χ2v) is 7.84. The zero-order valence-electron chi connectivity index (χ0n) is 15.2. The van der Waals surface area contributed by atoms with Crippen LogP contribution < -0.4 is 14.4 Å². The Labute approximate surface area is 154 Å². The zero-order valence-corrected chi connectivity index (χ0v) is 16.0. The molecule has 1 fully saturated rings. The van der Waals surface area contributed by atoms with Crippen LogP contribution in [0.5, 0.6) is 5.75 Å². The van der Waals surface area contributed by atoms with Crippen molar-refractivity contribution in [1.82, 2.24) is 4.98 Å². The SMILES string of the molecule is COc1cc(C)c(C)cc1S(=O)(=O)Nc1ccc(N2CCOCC2)cn1. The van der Waals surface area contributed by atoms with Crippen LogP contribution in [0.15, 0.2) is 35.4 Å². The van der Waals surface area contributed by atoms with Crippen molar-refractivity contribution >= 4 is 21.5 Å². The number of ether oxygens (including phenoxy) is 2. The number of nitrogens with one attached hydrogen (secondary N) is 1. The highest BCUT2D eigenvalue weighted by atomic mass is 32.2. The Bertz CT molecular complexity index is 876. The smallest absolute Gasteiger partial charge is 0.266 e. The summed E-state index contributed by atoms with van der Waals surface area (Å²) >= 11 is 0. The molecule has 2 aromatic rings. The molecule has 140 valence electrons. The molecular weight excluding hydrogens is 354 g/mol. The minimum atomic E-state index is -3.80. The van der Waals surface area contributed by atoms with Crippen molar-refractivity contribution in [2.45, 2.75) is 18.7 Å². The molecule has 1 aliphatic rings. The molecule has 0 aliphatic carbocycles. The zero-order chi connectivity index (χ0) is 18.7. The third-order valence-corrected chi connectivity index (χ3v) is 5.81. The van der Waals surface area contributed by atoms with E-state index in [0.717, 1.165) is 29.9 Å². The Hall–Kier alpha value is -2.32. The first-order chi connectivity index (χ1) is 12.4. The van der Waals surface area contributed by atoms with Gasteiger partial charge in [0.1, 0.15) is 16.5 Å². The molecule has 3 rings (SSSR count). The maximum atomic E-state index is 12.8. The summed E-state index contributed by atoms with van der Waals surface area (Å²) in [6.07, 6.45) is 1.67. The molecule has 0 spiro atoms. The molecule has 7 nitrogen and oxygen atoms in total. The Morgan fingerprint density at radius 1 is 1.15 bits per heavy atom. The number of nitrogens with zero attached hydrogens (tertiary/aromatic N) is 2. The van der Waals surface area contributed by atoms with E-state index in [1.807, 2.05) is 19.9 Å². The maximum absolute atomic E-state index is 12.8. The molecule has 0 unspecified atom stereocenters. The molecule has 1 N–H and O–H groups in total. The van der Waals surface area contributed by atoms with Gasteiger partial charge in [-0.25, -0.2) is 13.4 Å². The fraction of sp³-hybridized carbons (Fsp3) is 0.389. The molecule has 26 heavy (non-hydrogen) atoms. The van der Waals surface area contributed by atoms with E-state index in [-0.39, 0.29) is 10.7 Å². The van der Waals surface area contributed by atoms with Gasteiger partial charge in [-0.1, -0.05) is 0 Å². The van der Waals surface area contributed by atoms with E-state index in [2.05, 4.69) is 14.6 Å². The highest BCUT2D eigenvalue weighted by Crippen LogP contribution is 2.29. The molecule has 0 bridgehead atoms. The Balaban J connectivity index is 1.82. The molecule has 0 saturated carbocycles. The quantitative estimate of drug-likeness (QED) is 0.861. The summed E-state index contributed by atoms with van der Waals surface area (Å²) in [5, 5.41) is 0. The van der Waals surface area contributed by atoms with Gasteiger partial charge in [-0.05, 0) is 49.2 Å². The van der Waals surface area contributed by atoms with Gasteiger partial charge in [-0.15, -0.1) is 0 Å². The van der Waals surface area contributed by atoms with Crippen molar-refractivity contribution in [2.75, 3.05) is 43.0 Å². The van der Waals surface area contributed by atoms with E-state index in [1.54, 1.807) is 24.4 Å². The number of aryl methyl sites for hydroxylation is 2. The van der Waals surface area contributed by atoms with E-state index in [9.17, 15) is 8.42 Å². The maximum Gasteiger partial charge on any atom is 0.266 e. The fourth-order valence-corrected chi connectivity index (χ4v) is 4.03. The third-order valence-electron chi connectivity index (χ3n) is 4.43. The van der Waals surface area contributed by atoms with Gasteiger partial charge in [0, 0.05) is 13.1 Å². The molecule has 1 aromatic heterocycles. The summed E-state index contributed by atoms with van der Waals surface area (Å²) in [5.41, 5.74) is 2.79. The number of pyridine rings is 1. The van der Waals surface area contributed by atoms with Crippen LogP contribution in [-0.2, 0) is 14.8 Å². The molecule has 0 radical (unpaired) electrons. The summed E-state index contributed by atoms with van der Waals surface area (Å²) in [6, 6.07) is 6.85. The van der Waals surface area contributed by atoms with Gasteiger partial charge in [-0.3, -0.25) is 4.72 Å². The number of benzene rings is 1. The standard InChI is InChI=1S/C18H23N3O4S/c1-13-10-16(24-3)17(11-14(13)2)26(22,23)20-18-5-4-15(12-19-18)21-6-8-25-9-7-21/h4-5,10-12H,6-9H2,1-3H3,(H,19,20). The summed E-state index contributed by atoms with van der Waals surface area (Å²) in [6.45, 7) is 6.73. The molecule has 1 saturated heterocycles. The monoisotopic (exact) mass is 377 g/mol. The van der Waals surface area contributed by atoms with Crippen LogP contribution in [0.1, 0.15) is 11.1 Å². The van der Waals surface area contributed by atoms with Crippen molar-refractivity contribution in [3.8, 4) is 5.75 Å². The first-order valence-corrected chi connectivity index (χ1v) is 9.86. The van der Waals surface area contributed by atoms with Gasteiger partial charge in [0.25, 0.3) is 10.0 Å². The lowest BCUT2D eigenvalue weighted by Gasteiger charge is -2.28. The van der Waals surface area contributed by atoms with Crippen LogP contribution in [0.3, 0.4) is 0 Å². The Kier molecular flexibility index (Phi) is 5.33. The van der Waals surface area contributed by atoms with Crippen LogP contribution in [0.4, 0.5) is 11.5 Å². The lowest BCUT2D eigenvalue weighted by atomic mass is 10.1. The van der Waals surface area contributed by atoms with Crippen molar-refractivity contribution in [1.29, 1.82) is 0 Å². The summed E-state index contributed by atoms with van der Waals surface area (Å²) in [7, 11) is -2.35. The molecule has 1 aromatic carbocycles. The van der Waals surface area contributed by atoms with Crippen molar-refractivity contribution in [2.24, 2.45) is 0 Å². The van der Waals surface area contributed by atoms with Gasteiger partial charge in [0.2, 0.25) is 0 Å². The van der Waals surface area contributed by atoms with E-state index in [1.165, 1.54) is 7.11 Å². The number of morpholine rings is 1. The number of anilines is 2. The molecule has 0 atom stereocenters. The number of aromatic nitrogens is 1. The van der Waals surface area contributed by atoms with Crippen molar-refractivity contribution in [3.63, 3.8) is 0 Å².